The number of anilines is 1. The number of rotatable bonds is 3. The summed E-state index contributed by atoms with van der Waals surface area (Å²) in [4.78, 5) is 28.0. The number of benzene rings is 1. The molecule has 6 heteroatoms. The van der Waals surface area contributed by atoms with E-state index < -0.39 is 0 Å². The number of hydrogen-bond acceptors (Lipinski definition) is 3. The highest BCUT2D eigenvalue weighted by Crippen LogP contribution is 2.33. The maximum atomic E-state index is 13.2. The van der Waals surface area contributed by atoms with Crippen molar-refractivity contribution in [1.82, 2.24) is 4.90 Å². The fourth-order valence-electron chi connectivity index (χ4n) is 2.88. The summed E-state index contributed by atoms with van der Waals surface area (Å²) in [6, 6.07) is 7.81. The molecule has 0 aliphatic heterocycles. The number of halogens is 1. The van der Waals surface area contributed by atoms with Crippen molar-refractivity contribution in [3.05, 3.63) is 51.5 Å². The van der Waals surface area contributed by atoms with E-state index in [0.29, 0.717) is 12.1 Å². The van der Waals surface area contributed by atoms with E-state index in [4.69, 9.17) is 0 Å². The van der Waals surface area contributed by atoms with Gasteiger partial charge < -0.3 is 10.2 Å². The molecule has 0 radical (unpaired) electrons. The van der Waals surface area contributed by atoms with Gasteiger partial charge in [0.15, 0.2) is 0 Å². The first-order chi connectivity index (χ1) is 11.4. The lowest BCUT2D eigenvalue weighted by atomic mass is 9.87. The smallest absolute Gasteiger partial charge is 0.263 e. The third-order valence-corrected chi connectivity index (χ3v) is 5.39. The van der Waals surface area contributed by atoms with E-state index in [0.717, 1.165) is 23.3 Å². The molecule has 1 atom stereocenters. The highest BCUT2D eigenvalue weighted by molar-refractivity contribution is 7.14. The SMILES string of the molecule is CN(C)C(=O)c1cc2c(s1)CC[C@H](C(=O)Nc1cccc(F)c1)C2. The predicted octanol–water partition coefficient (Wildman–Crippen LogP) is 3.33. The number of hydrogen-bond donors (Lipinski definition) is 1. The topological polar surface area (TPSA) is 49.4 Å². The van der Waals surface area contributed by atoms with Crippen molar-refractivity contribution >= 4 is 28.8 Å². The number of nitrogens with one attached hydrogen (secondary N) is 1. The van der Waals surface area contributed by atoms with E-state index in [9.17, 15) is 14.0 Å². The highest BCUT2D eigenvalue weighted by Gasteiger charge is 2.27. The summed E-state index contributed by atoms with van der Waals surface area (Å²) in [5.41, 5.74) is 1.55. The van der Waals surface area contributed by atoms with E-state index in [1.165, 1.54) is 28.3 Å². The molecule has 2 amide bonds. The average molecular weight is 346 g/mol. The van der Waals surface area contributed by atoms with Crippen LogP contribution in [-0.2, 0) is 17.6 Å². The number of carbonyl (C=O) groups is 2. The Kier molecular flexibility index (Phi) is 4.66. The van der Waals surface area contributed by atoms with Gasteiger partial charge in [0.1, 0.15) is 5.82 Å². The molecular weight excluding hydrogens is 327 g/mol. The number of carbonyl (C=O) groups excluding carboxylic acids is 2. The third kappa shape index (κ3) is 3.48. The van der Waals surface area contributed by atoms with Gasteiger partial charge in [-0.3, -0.25) is 9.59 Å². The molecule has 1 aliphatic carbocycles. The number of thiophene rings is 1. The normalized spacial score (nSPS) is 16.4. The maximum absolute atomic E-state index is 13.2. The van der Waals surface area contributed by atoms with Crippen LogP contribution in [0.2, 0.25) is 0 Å². The minimum absolute atomic E-state index is 0.00448. The van der Waals surface area contributed by atoms with Crippen LogP contribution < -0.4 is 5.32 Å². The first-order valence-electron chi connectivity index (χ1n) is 7.83. The molecule has 0 bridgehead atoms. The molecule has 126 valence electrons. The van der Waals surface area contributed by atoms with Gasteiger partial charge in [-0.15, -0.1) is 11.3 Å². The zero-order chi connectivity index (χ0) is 17.3. The first-order valence-corrected chi connectivity index (χ1v) is 8.65. The van der Waals surface area contributed by atoms with Gasteiger partial charge >= 0.3 is 0 Å². The van der Waals surface area contributed by atoms with E-state index in [2.05, 4.69) is 5.32 Å². The summed E-state index contributed by atoms with van der Waals surface area (Å²) >= 11 is 1.52. The molecule has 0 fully saturated rings. The number of amides is 2. The predicted molar refractivity (Wildman–Crippen MR) is 92.9 cm³/mol. The van der Waals surface area contributed by atoms with Gasteiger partial charge in [0.05, 0.1) is 4.88 Å². The summed E-state index contributed by atoms with van der Waals surface area (Å²) in [5.74, 6) is -0.630. The van der Waals surface area contributed by atoms with Crippen molar-refractivity contribution in [3.8, 4) is 0 Å². The third-order valence-electron chi connectivity index (χ3n) is 4.16. The van der Waals surface area contributed by atoms with Crippen LogP contribution in [0.1, 0.15) is 26.5 Å². The van der Waals surface area contributed by atoms with Crippen molar-refractivity contribution in [2.45, 2.75) is 19.3 Å². The highest BCUT2D eigenvalue weighted by atomic mass is 32.1. The molecule has 4 nitrogen and oxygen atoms in total. The molecule has 0 saturated carbocycles. The lowest BCUT2D eigenvalue weighted by Crippen LogP contribution is -2.27. The molecule has 1 N–H and O–H groups in total. The second-order valence-electron chi connectivity index (χ2n) is 6.20. The second kappa shape index (κ2) is 6.73. The van der Waals surface area contributed by atoms with E-state index in [1.807, 2.05) is 6.07 Å². The molecule has 24 heavy (non-hydrogen) atoms. The summed E-state index contributed by atoms with van der Waals surface area (Å²) in [6.45, 7) is 0. The van der Waals surface area contributed by atoms with Crippen molar-refractivity contribution in [2.24, 2.45) is 5.92 Å². The molecule has 3 rings (SSSR count). The first kappa shape index (κ1) is 16.6. The minimum atomic E-state index is -0.372. The van der Waals surface area contributed by atoms with Gasteiger partial charge in [0.25, 0.3) is 5.91 Å². The van der Waals surface area contributed by atoms with Crippen LogP contribution in [0, 0.1) is 11.7 Å². The van der Waals surface area contributed by atoms with Crippen LogP contribution in [0.3, 0.4) is 0 Å². The van der Waals surface area contributed by atoms with Crippen molar-refractivity contribution in [2.75, 3.05) is 19.4 Å². The number of fused-ring (bicyclic) bond motifs is 1. The fourth-order valence-corrected chi connectivity index (χ4v) is 4.11. The molecule has 0 saturated heterocycles. The van der Waals surface area contributed by atoms with Crippen molar-refractivity contribution in [3.63, 3.8) is 0 Å². The Labute approximate surface area is 144 Å². The zero-order valence-electron chi connectivity index (χ0n) is 13.6. The fraction of sp³-hybridized carbons (Fsp3) is 0.333. The monoisotopic (exact) mass is 346 g/mol. The van der Waals surface area contributed by atoms with E-state index in [1.54, 1.807) is 31.1 Å². The molecule has 1 aliphatic rings. The van der Waals surface area contributed by atoms with Crippen LogP contribution >= 0.6 is 11.3 Å². The molecule has 2 aromatic rings. The molecule has 1 heterocycles. The lowest BCUT2D eigenvalue weighted by molar-refractivity contribution is -0.120. The van der Waals surface area contributed by atoms with Gasteiger partial charge in [0, 0.05) is 30.6 Å². The Bertz CT molecular complexity index is 785. The van der Waals surface area contributed by atoms with Gasteiger partial charge in [-0.05, 0) is 49.1 Å². The van der Waals surface area contributed by atoms with Crippen molar-refractivity contribution in [1.29, 1.82) is 0 Å². The molecular formula is C18H19FN2O2S. The molecule has 0 spiro atoms. The Balaban J connectivity index is 1.70. The summed E-state index contributed by atoms with van der Waals surface area (Å²) < 4.78 is 13.2. The number of nitrogens with zero attached hydrogens (tertiary/aromatic N) is 1. The minimum Gasteiger partial charge on any atom is -0.344 e. The van der Waals surface area contributed by atoms with Crippen LogP contribution in [0.5, 0.6) is 0 Å². The Morgan fingerprint density at radius 3 is 2.79 bits per heavy atom. The average Bonchev–Trinajstić information content (AvgIpc) is 2.96. The second-order valence-corrected chi connectivity index (χ2v) is 7.33. The van der Waals surface area contributed by atoms with Gasteiger partial charge in [-0.25, -0.2) is 4.39 Å². The maximum Gasteiger partial charge on any atom is 0.263 e. The van der Waals surface area contributed by atoms with Crippen LogP contribution in [0.15, 0.2) is 30.3 Å². The lowest BCUT2D eigenvalue weighted by Gasteiger charge is -2.21. The number of aryl methyl sites for hydroxylation is 1. The van der Waals surface area contributed by atoms with Crippen LogP contribution in [-0.4, -0.2) is 30.8 Å². The van der Waals surface area contributed by atoms with Gasteiger partial charge in [0.2, 0.25) is 5.91 Å². The van der Waals surface area contributed by atoms with Crippen molar-refractivity contribution < 1.29 is 14.0 Å². The Morgan fingerprint density at radius 1 is 1.29 bits per heavy atom. The van der Waals surface area contributed by atoms with E-state index >= 15 is 0 Å². The summed E-state index contributed by atoms with van der Waals surface area (Å²) in [5, 5.41) is 2.78. The quantitative estimate of drug-likeness (QED) is 0.927. The molecule has 1 aromatic heterocycles. The Morgan fingerprint density at radius 2 is 2.08 bits per heavy atom. The standard InChI is InChI=1S/C18H19FN2O2S/c1-21(2)18(23)16-9-12-8-11(6-7-15(12)24-16)17(22)20-14-5-3-4-13(19)10-14/h3-5,9-11H,6-8H2,1-2H3,(H,20,22)/t11-/m0/s1. The molecule has 0 unspecified atom stereocenters. The van der Waals surface area contributed by atoms with Gasteiger partial charge in [-0.2, -0.15) is 0 Å². The van der Waals surface area contributed by atoms with Gasteiger partial charge in [-0.1, -0.05) is 6.07 Å². The van der Waals surface area contributed by atoms with Crippen LogP contribution in [0.4, 0.5) is 10.1 Å². The molecule has 1 aromatic carbocycles. The summed E-state index contributed by atoms with van der Waals surface area (Å²) in [7, 11) is 3.46. The summed E-state index contributed by atoms with van der Waals surface area (Å²) in [6.07, 6.45) is 2.15. The largest absolute Gasteiger partial charge is 0.344 e. The van der Waals surface area contributed by atoms with E-state index in [-0.39, 0.29) is 23.5 Å². The Hall–Kier alpha value is -2.21. The van der Waals surface area contributed by atoms with Crippen LogP contribution in [0.25, 0.3) is 0 Å². The zero-order valence-corrected chi connectivity index (χ0v) is 14.5.